The van der Waals surface area contributed by atoms with E-state index in [-0.39, 0.29) is 24.1 Å². The van der Waals surface area contributed by atoms with Crippen molar-refractivity contribution in [2.75, 3.05) is 13.7 Å². The summed E-state index contributed by atoms with van der Waals surface area (Å²) in [5.74, 6) is 0.474. The first-order valence-corrected chi connectivity index (χ1v) is 12.5. The Kier molecular flexibility index (Phi) is 5.46. The fourth-order valence-electron chi connectivity index (χ4n) is 6.50. The van der Waals surface area contributed by atoms with Gasteiger partial charge in [0, 0.05) is 30.8 Å². The molecule has 3 aromatic rings. The molecule has 0 spiro atoms. The topological polar surface area (TPSA) is 82.8 Å². The average Bonchev–Trinajstić information content (AvgIpc) is 3.38. The third kappa shape index (κ3) is 3.54. The minimum Gasteiger partial charge on any atom is -0.495 e. The number of aliphatic hydroxyl groups is 1. The molecule has 6 nitrogen and oxygen atoms in total. The first kappa shape index (κ1) is 22.6. The summed E-state index contributed by atoms with van der Waals surface area (Å²) < 4.78 is 11.3. The highest BCUT2D eigenvalue weighted by atomic mass is 16.6. The van der Waals surface area contributed by atoms with Gasteiger partial charge in [-0.05, 0) is 52.8 Å². The number of benzene rings is 3. The quantitative estimate of drug-likeness (QED) is 0.546. The molecule has 6 heteroatoms. The molecule has 1 amide bonds. The van der Waals surface area contributed by atoms with E-state index < -0.39 is 5.60 Å². The van der Waals surface area contributed by atoms with E-state index >= 15 is 0 Å². The molecular formula is C30H28N2O4. The van der Waals surface area contributed by atoms with Crippen LogP contribution in [0.3, 0.4) is 0 Å². The summed E-state index contributed by atoms with van der Waals surface area (Å²) in [5.41, 5.74) is 4.87. The van der Waals surface area contributed by atoms with Crippen LogP contribution < -0.4 is 4.74 Å². The van der Waals surface area contributed by atoms with E-state index in [2.05, 4.69) is 30.3 Å². The lowest BCUT2D eigenvalue weighted by Gasteiger charge is -2.43. The van der Waals surface area contributed by atoms with Crippen molar-refractivity contribution in [3.8, 4) is 22.9 Å². The molecule has 1 aliphatic carbocycles. The van der Waals surface area contributed by atoms with Crippen LogP contribution in [0.1, 0.15) is 53.9 Å². The van der Waals surface area contributed by atoms with Gasteiger partial charge in [-0.3, -0.25) is 0 Å². The predicted octanol–water partition coefficient (Wildman–Crippen LogP) is 5.33. The summed E-state index contributed by atoms with van der Waals surface area (Å²) in [4.78, 5) is 15.2. The van der Waals surface area contributed by atoms with E-state index in [4.69, 9.17) is 9.47 Å². The zero-order valence-corrected chi connectivity index (χ0v) is 20.2. The lowest BCUT2D eigenvalue weighted by atomic mass is 9.80. The highest BCUT2D eigenvalue weighted by Gasteiger charge is 2.51. The van der Waals surface area contributed by atoms with Crippen molar-refractivity contribution in [1.29, 1.82) is 5.26 Å². The van der Waals surface area contributed by atoms with Gasteiger partial charge >= 0.3 is 6.09 Å². The van der Waals surface area contributed by atoms with Crippen LogP contribution in [0, 0.1) is 11.3 Å². The summed E-state index contributed by atoms with van der Waals surface area (Å²) in [7, 11) is 1.52. The van der Waals surface area contributed by atoms with Crippen molar-refractivity contribution in [3.05, 3.63) is 89.0 Å². The first-order chi connectivity index (χ1) is 17.5. The molecule has 3 aliphatic rings. The Balaban J connectivity index is 1.18. The largest absolute Gasteiger partial charge is 0.495 e. The minimum absolute atomic E-state index is 0.0202. The monoisotopic (exact) mass is 480 g/mol. The zero-order chi connectivity index (χ0) is 24.9. The Hall–Kier alpha value is -3.82. The van der Waals surface area contributed by atoms with Crippen LogP contribution in [0.2, 0.25) is 0 Å². The number of nitrogens with zero attached hydrogens (tertiary/aromatic N) is 2. The summed E-state index contributed by atoms with van der Waals surface area (Å²) in [6.07, 6.45) is 2.24. The molecule has 1 N–H and O–H groups in total. The van der Waals surface area contributed by atoms with Crippen LogP contribution in [-0.2, 0) is 10.3 Å². The van der Waals surface area contributed by atoms with Crippen LogP contribution >= 0.6 is 0 Å². The number of nitriles is 1. The molecule has 0 aromatic heterocycles. The molecule has 2 atom stereocenters. The Morgan fingerprint density at radius 1 is 1.03 bits per heavy atom. The molecule has 2 aliphatic heterocycles. The first-order valence-electron chi connectivity index (χ1n) is 12.5. The van der Waals surface area contributed by atoms with Gasteiger partial charge in [-0.2, -0.15) is 5.26 Å². The molecular weight excluding hydrogens is 452 g/mol. The number of ether oxygens (including phenoxy) is 2. The number of piperidine rings is 1. The number of amides is 1. The minimum atomic E-state index is -1.08. The van der Waals surface area contributed by atoms with E-state index in [1.807, 2.05) is 29.2 Å². The maximum absolute atomic E-state index is 13.3. The number of hydrogen-bond acceptors (Lipinski definition) is 5. The number of fused-ring (bicyclic) bond motifs is 5. The zero-order valence-electron chi connectivity index (χ0n) is 20.2. The van der Waals surface area contributed by atoms with Gasteiger partial charge in [0.2, 0.25) is 0 Å². The summed E-state index contributed by atoms with van der Waals surface area (Å²) in [6, 6.07) is 23.8. The fraction of sp³-hybridized carbons (Fsp3) is 0.333. The van der Waals surface area contributed by atoms with Crippen molar-refractivity contribution >= 4 is 6.09 Å². The van der Waals surface area contributed by atoms with Gasteiger partial charge in [-0.25, -0.2) is 4.79 Å². The normalized spacial score (nSPS) is 24.1. The van der Waals surface area contributed by atoms with E-state index in [9.17, 15) is 15.2 Å². The van der Waals surface area contributed by atoms with Crippen molar-refractivity contribution in [3.63, 3.8) is 0 Å². The highest BCUT2D eigenvalue weighted by molar-refractivity contribution is 5.79. The lowest BCUT2D eigenvalue weighted by Crippen LogP contribution is -2.52. The van der Waals surface area contributed by atoms with E-state index in [1.54, 1.807) is 18.2 Å². The van der Waals surface area contributed by atoms with Gasteiger partial charge in [0.1, 0.15) is 18.4 Å². The number of rotatable bonds is 4. The predicted molar refractivity (Wildman–Crippen MR) is 135 cm³/mol. The molecule has 2 saturated heterocycles. The van der Waals surface area contributed by atoms with Gasteiger partial charge in [-0.15, -0.1) is 0 Å². The van der Waals surface area contributed by atoms with Gasteiger partial charge in [-0.1, -0.05) is 54.6 Å². The van der Waals surface area contributed by atoms with E-state index in [0.717, 1.165) is 18.4 Å². The van der Waals surface area contributed by atoms with Crippen LogP contribution in [0.5, 0.6) is 5.75 Å². The second-order valence-corrected chi connectivity index (χ2v) is 10.1. The van der Waals surface area contributed by atoms with Crippen LogP contribution in [0.15, 0.2) is 66.7 Å². The lowest BCUT2D eigenvalue weighted by molar-refractivity contribution is -0.0532. The third-order valence-electron chi connectivity index (χ3n) is 8.17. The second kappa shape index (κ2) is 8.69. The average molecular weight is 481 g/mol. The molecule has 2 bridgehead atoms. The molecule has 6 rings (SSSR count). The number of carbonyl (C=O) groups excluding carboxylic acids is 1. The number of hydrogen-bond donors (Lipinski definition) is 1. The van der Waals surface area contributed by atoms with Crippen LogP contribution in [0.25, 0.3) is 11.1 Å². The van der Waals surface area contributed by atoms with E-state index in [1.165, 1.54) is 29.4 Å². The van der Waals surface area contributed by atoms with Gasteiger partial charge in [0.25, 0.3) is 0 Å². The molecule has 182 valence electrons. The maximum atomic E-state index is 13.3. The van der Waals surface area contributed by atoms with Gasteiger partial charge in [0.15, 0.2) is 0 Å². The van der Waals surface area contributed by atoms with Gasteiger partial charge < -0.3 is 19.5 Å². The molecule has 0 radical (unpaired) electrons. The second-order valence-electron chi connectivity index (χ2n) is 10.1. The van der Waals surface area contributed by atoms with Gasteiger partial charge in [0.05, 0.1) is 18.3 Å². The van der Waals surface area contributed by atoms with Crippen molar-refractivity contribution in [1.82, 2.24) is 4.90 Å². The van der Waals surface area contributed by atoms with Crippen molar-refractivity contribution in [2.24, 2.45) is 0 Å². The van der Waals surface area contributed by atoms with Crippen molar-refractivity contribution in [2.45, 2.75) is 49.3 Å². The number of methoxy groups -OCH3 is 1. The SMILES string of the molecule is COc1cc(C2(O)CC3CCC(C2)N3C(=O)OCC2c3ccccc3-c3ccccc32)ccc1C#N. The standard InChI is InChI=1S/C30H28N2O4/c1-35-28-14-20(11-10-19(28)17-31)30(34)15-21-12-13-22(16-30)32(21)29(33)36-18-27-25-8-4-2-6-23(25)24-7-3-5-9-26(24)27/h2-11,14,21-22,27,34H,12-13,15-16,18H2,1H3. The molecule has 0 saturated carbocycles. The summed E-state index contributed by atoms with van der Waals surface area (Å²) in [6.45, 7) is 0.292. The highest BCUT2D eigenvalue weighted by Crippen LogP contribution is 2.48. The molecule has 2 unspecified atom stereocenters. The van der Waals surface area contributed by atoms with Crippen molar-refractivity contribution < 1.29 is 19.4 Å². The van der Waals surface area contributed by atoms with E-state index in [0.29, 0.717) is 30.8 Å². The number of carbonyl (C=O) groups is 1. The summed E-state index contributed by atoms with van der Waals surface area (Å²) >= 11 is 0. The maximum Gasteiger partial charge on any atom is 0.410 e. The third-order valence-corrected chi connectivity index (χ3v) is 8.17. The Morgan fingerprint density at radius 3 is 2.22 bits per heavy atom. The molecule has 2 heterocycles. The summed E-state index contributed by atoms with van der Waals surface area (Å²) in [5, 5.41) is 20.9. The Bertz CT molecular complexity index is 1320. The molecule has 3 aromatic carbocycles. The fourth-order valence-corrected chi connectivity index (χ4v) is 6.50. The molecule has 36 heavy (non-hydrogen) atoms. The Labute approximate surface area is 210 Å². The smallest absolute Gasteiger partial charge is 0.410 e. The Morgan fingerprint density at radius 2 is 1.64 bits per heavy atom. The van der Waals surface area contributed by atoms with Crippen LogP contribution in [0.4, 0.5) is 4.79 Å². The molecule has 2 fully saturated rings. The van der Waals surface area contributed by atoms with Crippen LogP contribution in [-0.4, -0.2) is 41.9 Å².